The minimum Gasteiger partial charge on any atom is -0.391 e. The number of hydrogen-bond donors (Lipinski definition) is 1. The fourth-order valence-electron chi connectivity index (χ4n) is 1.47. The molecule has 0 aliphatic heterocycles. The summed E-state index contributed by atoms with van der Waals surface area (Å²) in [6, 6.07) is 3.68. The molecule has 3 rings (SSSR count). The second kappa shape index (κ2) is 3.70. The lowest BCUT2D eigenvalue weighted by Crippen LogP contribution is -1.90. The highest BCUT2D eigenvalue weighted by molar-refractivity contribution is 7.19. The van der Waals surface area contributed by atoms with Gasteiger partial charge in [0.1, 0.15) is 5.69 Å². The summed E-state index contributed by atoms with van der Waals surface area (Å²) in [4.78, 5) is 9.19. The molecule has 0 bridgehead atoms. The van der Waals surface area contributed by atoms with Crippen molar-refractivity contribution in [2.45, 2.75) is 0 Å². The summed E-state index contributed by atoms with van der Waals surface area (Å²) in [5.41, 5.74) is 6.47. The van der Waals surface area contributed by atoms with Crippen LogP contribution in [-0.2, 0) is 7.05 Å². The van der Waals surface area contributed by atoms with Gasteiger partial charge in [0, 0.05) is 7.05 Å². The minimum atomic E-state index is 0.475. The van der Waals surface area contributed by atoms with E-state index in [1.54, 1.807) is 12.5 Å². The average Bonchev–Trinajstić information content (AvgIpc) is 2.97. The van der Waals surface area contributed by atoms with Gasteiger partial charge in [-0.3, -0.25) is 0 Å². The van der Waals surface area contributed by atoms with Crippen molar-refractivity contribution in [3.05, 3.63) is 24.7 Å². The first-order chi connectivity index (χ1) is 8.24. The average molecular weight is 247 g/mol. The highest BCUT2D eigenvalue weighted by atomic mass is 32.1. The number of hydrogen-bond acceptors (Lipinski definition) is 6. The molecule has 0 fully saturated rings. The zero-order valence-electron chi connectivity index (χ0n) is 8.99. The molecule has 0 radical (unpaired) electrons. The second-order valence-electron chi connectivity index (χ2n) is 3.51. The summed E-state index contributed by atoms with van der Waals surface area (Å²) in [6.45, 7) is 0. The maximum atomic E-state index is 5.66. The zero-order chi connectivity index (χ0) is 11.8. The van der Waals surface area contributed by atoms with E-state index >= 15 is 0 Å². The van der Waals surface area contributed by atoms with Gasteiger partial charge in [-0.25, -0.2) is 4.98 Å². The Kier molecular flexibility index (Phi) is 2.19. The van der Waals surface area contributed by atoms with E-state index in [0.29, 0.717) is 11.7 Å². The van der Waals surface area contributed by atoms with Crippen LogP contribution in [0.25, 0.3) is 22.3 Å². The molecule has 0 aromatic carbocycles. The summed E-state index contributed by atoms with van der Waals surface area (Å²) < 4.78 is 7.03. The maximum Gasteiger partial charge on any atom is 0.268 e. The molecule has 0 unspecified atom stereocenters. The monoisotopic (exact) mass is 247 g/mol. The van der Waals surface area contributed by atoms with E-state index in [9.17, 15) is 0 Å². The topological polar surface area (TPSA) is 82.8 Å². The third-order valence-electron chi connectivity index (χ3n) is 2.31. The van der Waals surface area contributed by atoms with Gasteiger partial charge in [-0.15, -0.1) is 11.3 Å². The Morgan fingerprint density at radius 3 is 2.94 bits per heavy atom. The van der Waals surface area contributed by atoms with Crippen molar-refractivity contribution >= 4 is 16.3 Å². The van der Waals surface area contributed by atoms with Gasteiger partial charge in [0.05, 0.1) is 22.4 Å². The number of aromatic nitrogens is 4. The summed E-state index contributed by atoms with van der Waals surface area (Å²) in [6.07, 6.45) is 3.38. The fraction of sp³-hybridized carbons (Fsp3) is 0.100. The number of imidazole rings is 1. The first-order valence-corrected chi connectivity index (χ1v) is 5.72. The number of nitrogens with two attached hydrogens (primary N) is 1. The van der Waals surface area contributed by atoms with Crippen molar-refractivity contribution < 1.29 is 4.52 Å². The van der Waals surface area contributed by atoms with Crippen LogP contribution in [-0.4, -0.2) is 19.7 Å². The molecule has 86 valence electrons. The standard InChI is InChI=1S/C10H9N5OS/c1-15-5-12-4-6(15)9-13-10(16-14-9)7-2-3-8(11)17-7/h2-5H,11H2,1H3. The molecule has 3 heterocycles. The molecule has 3 aromatic rings. The molecule has 0 aliphatic rings. The number of nitrogens with zero attached hydrogens (tertiary/aromatic N) is 4. The van der Waals surface area contributed by atoms with Crippen molar-refractivity contribution in [3.63, 3.8) is 0 Å². The zero-order valence-corrected chi connectivity index (χ0v) is 9.81. The molecule has 7 heteroatoms. The van der Waals surface area contributed by atoms with E-state index < -0.39 is 0 Å². The maximum absolute atomic E-state index is 5.66. The van der Waals surface area contributed by atoms with Crippen LogP contribution in [0.4, 0.5) is 5.00 Å². The molecule has 6 nitrogen and oxygen atoms in total. The van der Waals surface area contributed by atoms with E-state index in [1.807, 2.05) is 23.7 Å². The number of nitrogen functional groups attached to an aromatic ring is 1. The fourth-order valence-corrected chi connectivity index (χ4v) is 2.16. The van der Waals surface area contributed by atoms with Gasteiger partial charge in [-0.2, -0.15) is 4.98 Å². The van der Waals surface area contributed by atoms with Crippen LogP contribution < -0.4 is 5.73 Å². The van der Waals surface area contributed by atoms with Gasteiger partial charge in [0.25, 0.3) is 5.89 Å². The lowest BCUT2D eigenvalue weighted by atomic mass is 10.4. The SMILES string of the molecule is Cn1cncc1-c1noc(-c2ccc(N)s2)n1. The van der Waals surface area contributed by atoms with E-state index in [2.05, 4.69) is 15.1 Å². The second-order valence-corrected chi connectivity index (χ2v) is 4.63. The molecule has 0 amide bonds. The van der Waals surface area contributed by atoms with Gasteiger partial charge < -0.3 is 14.8 Å². The molecular weight excluding hydrogens is 238 g/mol. The first kappa shape index (κ1) is 10.0. The molecular formula is C10H9N5OS. The summed E-state index contributed by atoms with van der Waals surface area (Å²) in [7, 11) is 1.88. The predicted octanol–water partition coefficient (Wildman–Crippen LogP) is 1.78. The summed E-state index contributed by atoms with van der Waals surface area (Å²) >= 11 is 1.41. The van der Waals surface area contributed by atoms with E-state index in [4.69, 9.17) is 10.3 Å². The lowest BCUT2D eigenvalue weighted by Gasteiger charge is -1.92. The molecule has 0 atom stereocenters. The Hall–Kier alpha value is -2.15. The molecule has 17 heavy (non-hydrogen) atoms. The third-order valence-corrected chi connectivity index (χ3v) is 3.21. The Labute approximate surface area is 101 Å². The molecule has 0 aliphatic carbocycles. The van der Waals surface area contributed by atoms with Crippen LogP contribution in [0.3, 0.4) is 0 Å². The van der Waals surface area contributed by atoms with Crippen molar-refractivity contribution in [3.8, 4) is 22.3 Å². The number of aryl methyl sites for hydroxylation is 1. The normalized spacial score (nSPS) is 10.9. The molecule has 2 N–H and O–H groups in total. The van der Waals surface area contributed by atoms with Crippen LogP contribution in [0.1, 0.15) is 0 Å². The van der Waals surface area contributed by atoms with E-state index in [1.165, 1.54) is 11.3 Å². The smallest absolute Gasteiger partial charge is 0.268 e. The summed E-state index contributed by atoms with van der Waals surface area (Å²) in [5.74, 6) is 0.995. The van der Waals surface area contributed by atoms with Gasteiger partial charge in [-0.1, -0.05) is 5.16 Å². The Bertz CT molecular complexity index is 653. The predicted molar refractivity (Wildman–Crippen MR) is 64.2 cm³/mol. The Balaban J connectivity index is 2.01. The van der Waals surface area contributed by atoms with Crippen molar-refractivity contribution in [1.29, 1.82) is 0 Å². The Morgan fingerprint density at radius 1 is 1.41 bits per heavy atom. The molecule has 0 spiro atoms. The van der Waals surface area contributed by atoms with Gasteiger partial charge in [0.2, 0.25) is 5.82 Å². The van der Waals surface area contributed by atoms with E-state index in [-0.39, 0.29) is 0 Å². The van der Waals surface area contributed by atoms with Gasteiger partial charge >= 0.3 is 0 Å². The highest BCUT2D eigenvalue weighted by Gasteiger charge is 2.14. The summed E-state index contributed by atoms with van der Waals surface area (Å²) in [5, 5.41) is 4.65. The molecule has 0 saturated heterocycles. The van der Waals surface area contributed by atoms with Crippen LogP contribution in [0.15, 0.2) is 29.2 Å². The number of anilines is 1. The van der Waals surface area contributed by atoms with E-state index in [0.717, 1.165) is 15.6 Å². The van der Waals surface area contributed by atoms with Crippen LogP contribution in [0.5, 0.6) is 0 Å². The van der Waals surface area contributed by atoms with Gasteiger partial charge in [-0.05, 0) is 12.1 Å². The van der Waals surface area contributed by atoms with Crippen LogP contribution >= 0.6 is 11.3 Å². The van der Waals surface area contributed by atoms with Crippen molar-refractivity contribution in [2.75, 3.05) is 5.73 Å². The lowest BCUT2D eigenvalue weighted by molar-refractivity contribution is 0.433. The highest BCUT2D eigenvalue weighted by Crippen LogP contribution is 2.29. The Morgan fingerprint density at radius 2 is 2.29 bits per heavy atom. The molecule has 0 saturated carbocycles. The quantitative estimate of drug-likeness (QED) is 0.746. The van der Waals surface area contributed by atoms with Crippen molar-refractivity contribution in [2.24, 2.45) is 7.05 Å². The van der Waals surface area contributed by atoms with Crippen LogP contribution in [0, 0.1) is 0 Å². The van der Waals surface area contributed by atoms with Gasteiger partial charge in [0.15, 0.2) is 0 Å². The third kappa shape index (κ3) is 1.70. The molecule has 3 aromatic heterocycles. The minimum absolute atomic E-state index is 0.475. The van der Waals surface area contributed by atoms with Crippen molar-refractivity contribution in [1.82, 2.24) is 19.7 Å². The largest absolute Gasteiger partial charge is 0.391 e. The number of rotatable bonds is 2. The number of thiophene rings is 1. The van der Waals surface area contributed by atoms with Crippen LogP contribution in [0.2, 0.25) is 0 Å². The first-order valence-electron chi connectivity index (χ1n) is 4.90.